The molecule has 1 amide bonds. The zero-order valence-electron chi connectivity index (χ0n) is 15.0. The van der Waals surface area contributed by atoms with Gasteiger partial charge in [-0.3, -0.25) is 4.79 Å². The van der Waals surface area contributed by atoms with Crippen LogP contribution in [0, 0.1) is 0 Å². The normalized spacial score (nSPS) is 15.4. The van der Waals surface area contributed by atoms with Crippen LogP contribution in [0.4, 0.5) is 17.3 Å². The minimum absolute atomic E-state index is 0.0571. The molecule has 2 aliphatic rings. The maximum atomic E-state index is 13.2. The number of carbonyl (C=O) groups excluding carboxylic acids is 1. The standard InChI is InChI=1S/C22H20N4O/c27-21(25-14-5-8-16-6-1-3-9-19(16)25)18-11-13-23-22(24-18)26-15-12-17-7-2-4-10-20(17)26/h1-4,6-7,9-11,13H,5,8,12,14-15H2. The molecule has 0 aliphatic carbocycles. The third kappa shape index (κ3) is 2.76. The molecule has 0 spiro atoms. The number of aromatic nitrogens is 2. The average molecular weight is 356 g/mol. The third-order valence-corrected chi connectivity index (χ3v) is 5.35. The van der Waals surface area contributed by atoms with Crippen molar-refractivity contribution >= 4 is 23.2 Å². The summed E-state index contributed by atoms with van der Waals surface area (Å²) in [6.45, 7) is 1.56. The van der Waals surface area contributed by atoms with E-state index in [9.17, 15) is 4.79 Å². The van der Waals surface area contributed by atoms with Crippen molar-refractivity contribution in [2.75, 3.05) is 22.9 Å². The van der Waals surface area contributed by atoms with Crippen LogP contribution >= 0.6 is 0 Å². The second kappa shape index (κ2) is 6.50. The summed E-state index contributed by atoms with van der Waals surface area (Å²) in [4.78, 5) is 26.2. The Balaban J connectivity index is 1.48. The molecule has 0 N–H and O–H groups in total. The molecule has 5 heteroatoms. The number of para-hydroxylation sites is 2. The molecule has 2 aromatic carbocycles. The molecule has 27 heavy (non-hydrogen) atoms. The van der Waals surface area contributed by atoms with E-state index in [0.717, 1.165) is 43.7 Å². The minimum Gasteiger partial charge on any atom is -0.310 e. The van der Waals surface area contributed by atoms with Crippen LogP contribution in [0.15, 0.2) is 60.8 Å². The molecule has 0 saturated heterocycles. The highest BCUT2D eigenvalue weighted by atomic mass is 16.2. The predicted molar refractivity (Wildman–Crippen MR) is 106 cm³/mol. The van der Waals surface area contributed by atoms with Crippen molar-refractivity contribution in [2.24, 2.45) is 0 Å². The third-order valence-electron chi connectivity index (χ3n) is 5.35. The molecular formula is C22H20N4O. The van der Waals surface area contributed by atoms with Gasteiger partial charge in [-0.05, 0) is 48.6 Å². The zero-order valence-corrected chi connectivity index (χ0v) is 15.0. The molecule has 5 rings (SSSR count). The smallest absolute Gasteiger partial charge is 0.277 e. The van der Waals surface area contributed by atoms with E-state index in [4.69, 9.17) is 0 Å². The van der Waals surface area contributed by atoms with Crippen molar-refractivity contribution in [2.45, 2.75) is 19.3 Å². The highest BCUT2D eigenvalue weighted by Crippen LogP contribution is 2.32. The lowest BCUT2D eigenvalue weighted by Crippen LogP contribution is -2.36. The first-order chi connectivity index (χ1) is 13.3. The van der Waals surface area contributed by atoms with Gasteiger partial charge in [-0.2, -0.15) is 0 Å². The summed E-state index contributed by atoms with van der Waals surface area (Å²) < 4.78 is 0. The summed E-state index contributed by atoms with van der Waals surface area (Å²) >= 11 is 0. The molecular weight excluding hydrogens is 336 g/mol. The lowest BCUT2D eigenvalue weighted by molar-refractivity contribution is 0.0980. The zero-order chi connectivity index (χ0) is 18.2. The summed E-state index contributed by atoms with van der Waals surface area (Å²) in [6.07, 6.45) is 4.64. The Kier molecular flexibility index (Phi) is 3.85. The van der Waals surface area contributed by atoms with Crippen LogP contribution in [0.2, 0.25) is 0 Å². The number of amides is 1. The van der Waals surface area contributed by atoms with E-state index in [1.165, 1.54) is 11.1 Å². The number of hydrogen-bond acceptors (Lipinski definition) is 4. The summed E-state index contributed by atoms with van der Waals surface area (Å²) in [5.41, 5.74) is 5.09. The van der Waals surface area contributed by atoms with Crippen molar-refractivity contribution in [1.29, 1.82) is 0 Å². The Morgan fingerprint density at radius 3 is 2.44 bits per heavy atom. The number of hydrogen-bond donors (Lipinski definition) is 0. The van der Waals surface area contributed by atoms with Gasteiger partial charge in [0.2, 0.25) is 5.95 Å². The second-order valence-electron chi connectivity index (χ2n) is 6.96. The van der Waals surface area contributed by atoms with E-state index in [1.807, 2.05) is 29.2 Å². The number of anilines is 3. The molecule has 3 aromatic rings. The molecule has 5 nitrogen and oxygen atoms in total. The lowest BCUT2D eigenvalue weighted by atomic mass is 10.0. The van der Waals surface area contributed by atoms with E-state index >= 15 is 0 Å². The van der Waals surface area contributed by atoms with Gasteiger partial charge >= 0.3 is 0 Å². The maximum absolute atomic E-state index is 13.2. The Morgan fingerprint density at radius 2 is 1.59 bits per heavy atom. The quantitative estimate of drug-likeness (QED) is 0.701. The molecule has 1 aromatic heterocycles. The van der Waals surface area contributed by atoms with Gasteiger partial charge in [0.15, 0.2) is 0 Å². The largest absolute Gasteiger partial charge is 0.310 e. The number of carbonyl (C=O) groups is 1. The van der Waals surface area contributed by atoms with Crippen LogP contribution < -0.4 is 9.80 Å². The van der Waals surface area contributed by atoms with Crippen LogP contribution in [0.1, 0.15) is 28.0 Å². The minimum atomic E-state index is -0.0571. The van der Waals surface area contributed by atoms with Crippen molar-refractivity contribution in [3.63, 3.8) is 0 Å². The highest BCUT2D eigenvalue weighted by Gasteiger charge is 2.26. The lowest BCUT2D eigenvalue weighted by Gasteiger charge is -2.29. The van der Waals surface area contributed by atoms with E-state index in [0.29, 0.717) is 11.6 Å². The monoisotopic (exact) mass is 356 g/mol. The van der Waals surface area contributed by atoms with E-state index < -0.39 is 0 Å². The SMILES string of the molecule is O=C(c1ccnc(N2CCc3ccccc32)n1)N1CCCc2ccccc21. The van der Waals surface area contributed by atoms with Crippen molar-refractivity contribution in [3.8, 4) is 0 Å². The molecule has 0 atom stereocenters. The molecule has 0 bridgehead atoms. The Labute approximate surface area is 158 Å². The van der Waals surface area contributed by atoms with E-state index in [-0.39, 0.29) is 5.91 Å². The van der Waals surface area contributed by atoms with Gasteiger partial charge in [0, 0.05) is 30.7 Å². The summed E-state index contributed by atoms with van der Waals surface area (Å²) in [7, 11) is 0. The Hall–Kier alpha value is -3.21. The molecule has 3 heterocycles. The Morgan fingerprint density at radius 1 is 0.852 bits per heavy atom. The van der Waals surface area contributed by atoms with Crippen molar-refractivity contribution < 1.29 is 4.79 Å². The maximum Gasteiger partial charge on any atom is 0.277 e. The van der Waals surface area contributed by atoms with Gasteiger partial charge in [-0.1, -0.05) is 36.4 Å². The first-order valence-electron chi connectivity index (χ1n) is 9.39. The molecule has 0 unspecified atom stereocenters. The fourth-order valence-corrected chi connectivity index (χ4v) is 4.03. The Bertz CT molecular complexity index is 1020. The first kappa shape index (κ1) is 16.0. The van der Waals surface area contributed by atoms with Gasteiger partial charge in [0.25, 0.3) is 5.91 Å². The summed E-state index contributed by atoms with van der Waals surface area (Å²) in [6, 6.07) is 18.1. The highest BCUT2D eigenvalue weighted by molar-refractivity contribution is 6.05. The fraction of sp³-hybridized carbons (Fsp3) is 0.227. The van der Waals surface area contributed by atoms with Gasteiger partial charge in [0.1, 0.15) is 5.69 Å². The fourth-order valence-electron chi connectivity index (χ4n) is 4.03. The van der Waals surface area contributed by atoms with E-state index in [2.05, 4.69) is 39.1 Å². The molecule has 0 fully saturated rings. The number of fused-ring (bicyclic) bond motifs is 2. The van der Waals surface area contributed by atoms with Gasteiger partial charge in [0.05, 0.1) is 0 Å². The molecule has 0 radical (unpaired) electrons. The van der Waals surface area contributed by atoms with Crippen LogP contribution in [0.5, 0.6) is 0 Å². The summed E-state index contributed by atoms with van der Waals surface area (Å²) in [5, 5.41) is 0. The van der Waals surface area contributed by atoms with Crippen LogP contribution in [0.25, 0.3) is 0 Å². The summed E-state index contributed by atoms with van der Waals surface area (Å²) in [5.74, 6) is 0.536. The van der Waals surface area contributed by atoms with Gasteiger partial charge < -0.3 is 9.80 Å². The van der Waals surface area contributed by atoms with Gasteiger partial charge in [-0.25, -0.2) is 9.97 Å². The average Bonchev–Trinajstić information content (AvgIpc) is 3.17. The molecule has 2 aliphatic heterocycles. The number of nitrogens with zero attached hydrogens (tertiary/aromatic N) is 4. The van der Waals surface area contributed by atoms with Crippen LogP contribution in [0.3, 0.4) is 0 Å². The topological polar surface area (TPSA) is 49.3 Å². The second-order valence-corrected chi connectivity index (χ2v) is 6.96. The van der Waals surface area contributed by atoms with Crippen molar-refractivity contribution in [1.82, 2.24) is 9.97 Å². The first-order valence-corrected chi connectivity index (χ1v) is 9.39. The molecule has 134 valence electrons. The predicted octanol–water partition coefficient (Wildman–Crippen LogP) is 3.76. The van der Waals surface area contributed by atoms with Gasteiger partial charge in [-0.15, -0.1) is 0 Å². The van der Waals surface area contributed by atoms with E-state index in [1.54, 1.807) is 12.3 Å². The van der Waals surface area contributed by atoms with Crippen LogP contribution in [-0.4, -0.2) is 29.0 Å². The van der Waals surface area contributed by atoms with Crippen molar-refractivity contribution in [3.05, 3.63) is 77.6 Å². The number of rotatable bonds is 2. The number of benzene rings is 2. The number of aryl methyl sites for hydroxylation is 1. The molecule has 0 saturated carbocycles. The van der Waals surface area contributed by atoms with Crippen LogP contribution in [-0.2, 0) is 12.8 Å².